The lowest BCUT2D eigenvalue weighted by molar-refractivity contribution is 0.0963. The van der Waals surface area contributed by atoms with Gasteiger partial charge in [-0.25, -0.2) is 0 Å². The number of hydrogen-bond donors (Lipinski definition) is 3. The number of nitrogens with two attached hydrogens (primary N) is 1. The van der Waals surface area contributed by atoms with E-state index in [4.69, 9.17) is 5.73 Å². The highest BCUT2D eigenvalue weighted by atomic mass is 16.1. The number of rotatable bonds is 5. The summed E-state index contributed by atoms with van der Waals surface area (Å²) in [7, 11) is 1.61. The average Bonchev–Trinajstić information content (AvgIpc) is 3.14. The van der Waals surface area contributed by atoms with E-state index < -0.39 is 0 Å². The fourth-order valence-electron chi connectivity index (χ4n) is 2.16. The van der Waals surface area contributed by atoms with Gasteiger partial charge in [0.05, 0.1) is 11.4 Å². The van der Waals surface area contributed by atoms with Crippen molar-refractivity contribution in [1.82, 2.24) is 5.32 Å². The molecule has 0 radical (unpaired) electrons. The SMILES string of the molecule is CNC(=O)c1ccc(NC(C)CC2CC2)c(N)c1. The van der Waals surface area contributed by atoms with Crippen molar-refractivity contribution in [2.45, 2.75) is 32.2 Å². The molecule has 0 heterocycles. The summed E-state index contributed by atoms with van der Waals surface area (Å²) in [5.74, 6) is 0.776. The van der Waals surface area contributed by atoms with Crippen molar-refractivity contribution in [1.29, 1.82) is 0 Å². The first kappa shape index (κ1) is 12.7. The molecule has 1 amide bonds. The zero-order valence-electron chi connectivity index (χ0n) is 11.0. The maximum absolute atomic E-state index is 11.5. The molecule has 0 spiro atoms. The van der Waals surface area contributed by atoms with E-state index >= 15 is 0 Å². The zero-order chi connectivity index (χ0) is 13.1. The Bertz CT molecular complexity index is 441. The minimum Gasteiger partial charge on any atom is -0.397 e. The first-order valence-corrected chi connectivity index (χ1v) is 6.48. The van der Waals surface area contributed by atoms with Crippen LogP contribution < -0.4 is 16.4 Å². The van der Waals surface area contributed by atoms with Gasteiger partial charge in [0.15, 0.2) is 0 Å². The highest BCUT2D eigenvalue weighted by molar-refractivity contribution is 5.95. The zero-order valence-corrected chi connectivity index (χ0v) is 11.0. The van der Waals surface area contributed by atoms with Crippen LogP contribution >= 0.6 is 0 Å². The van der Waals surface area contributed by atoms with Gasteiger partial charge in [0.2, 0.25) is 0 Å². The van der Waals surface area contributed by atoms with Crippen molar-refractivity contribution < 1.29 is 4.79 Å². The molecule has 0 bridgehead atoms. The third-order valence-electron chi connectivity index (χ3n) is 3.33. The molecule has 1 saturated carbocycles. The molecule has 1 fully saturated rings. The Morgan fingerprint density at radius 2 is 2.22 bits per heavy atom. The number of amides is 1. The summed E-state index contributed by atoms with van der Waals surface area (Å²) in [4.78, 5) is 11.5. The number of hydrogen-bond acceptors (Lipinski definition) is 3. The Balaban J connectivity index is 2.01. The molecule has 4 heteroatoms. The second-order valence-electron chi connectivity index (χ2n) is 5.11. The molecule has 1 aliphatic carbocycles. The Labute approximate surface area is 108 Å². The quantitative estimate of drug-likeness (QED) is 0.699. The van der Waals surface area contributed by atoms with Gasteiger partial charge in [-0.15, -0.1) is 0 Å². The van der Waals surface area contributed by atoms with Crippen LogP contribution in [0.15, 0.2) is 18.2 Å². The Morgan fingerprint density at radius 3 is 2.78 bits per heavy atom. The van der Waals surface area contributed by atoms with Crippen LogP contribution in [0.5, 0.6) is 0 Å². The number of nitrogen functional groups attached to an aromatic ring is 1. The van der Waals surface area contributed by atoms with E-state index in [0.29, 0.717) is 17.3 Å². The van der Waals surface area contributed by atoms with Crippen molar-refractivity contribution in [2.75, 3.05) is 18.1 Å². The molecule has 1 atom stereocenters. The van der Waals surface area contributed by atoms with Crippen LogP contribution in [-0.4, -0.2) is 19.0 Å². The first-order chi connectivity index (χ1) is 8.60. The van der Waals surface area contributed by atoms with Crippen molar-refractivity contribution in [2.24, 2.45) is 5.92 Å². The van der Waals surface area contributed by atoms with E-state index in [9.17, 15) is 4.79 Å². The maximum Gasteiger partial charge on any atom is 0.251 e. The molecule has 0 saturated heterocycles. The van der Waals surface area contributed by atoms with Crippen LogP contribution in [-0.2, 0) is 0 Å². The molecule has 1 aromatic carbocycles. The van der Waals surface area contributed by atoms with Gasteiger partial charge in [-0.05, 0) is 37.5 Å². The molecule has 4 N–H and O–H groups in total. The second kappa shape index (κ2) is 5.29. The van der Waals surface area contributed by atoms with Crippen LogP contribution in [0.1, 0.15) is 36.5 Å². The summed E-state index contributed by atoms with van der Waals surface area (Å²) in [5.41, 5.74) is 8.10. The summed E-state index contributed by atoms with van der Waals surface area (Å²) >= 11 is 0. The van der Waals surface area contributed by atoms with Crippen molar-refractivity contribution in [3.63, 3.8) is 0 Å². The monoisotopic (exact) mass is 247 g/mol. The Kier molecular flexibility index (Phi) is 3.75. The van der Waals surface area contributed by atoms with E-state index in [1.807, 2.05) is 6.07 Å². The number of carbonyl (C=O) groups excluding carboxylic acids is 1. The second-order valence-corrected chi connectivity index (χ2v) is 5.11. The van der Waals surface area contributed by atoms with Gasteiger partial charge in [-0.3, -0.25) is 4.79 Å². The van der Waals surface area contributed by atoms with Gasteiger partial charge in [0.25, 0.3) is 5.91 Å². The lowest BCUT2D eigenvalue weighted by atomic mass is 10.1. The van der Waals surface area contributed by atoms with Gasteiger partial charge < -0.3 is 16.4 Å². The van der Waals surface area contributed by atoms with Crippen molar-refractivity contribution in [3.8, 4) is 0 Å². The van der Waals surface area contributed by atoms with Crippen LogP contribution in [0.3, 0.4) is 0 Å². The van der Waals surface area contributed by atoms with E-state index in [2.05, 4.69) is 17.6 Å². The van der Waals surface area contributed by atoms with Gasteiger partial charge in [0, 0.05) is 18.7 Å². The topological polar surface area (TPSA) is 67.2 Å². The van der Waals surface area contributed by atoms with Crippen LogP contribution in [0, 0.1) is 5.92 Å². The van der Waals surface area contributed by atoms with Gasteiger partial charge in [0.1, 0.15) is 0 Å². The standard InChI is InChI=1S/C14H21N3O/c1-9(7-10-3-4-10)17-13-6-5-11(8-12(13)15)14(18)16-2/h5-6,8-10,17H,3-4,7,15H2,1-2H3,(H,16,18). The fourth-order valence-corrected chi connectivity index (χ4v) is 2.16. The molecular weight excluding hydrogens is 226 g/mol. The van der Waals surface area contributed by atoms with Crippen molar-refractivity contribution >= 4 is 17.3 Å². The number of carbonyl (C=O) groups is 1. The fraction of sp³-hybridized carbons (Fsp3) is 0.500. The lowest BCUT2D eigenvalue weighted by Gasteiger charge is -2.17. The average molecular weight is 247 g/mol. The van der Waals surface area contributed by atoms with E-state index in [0.717, 1.165) is 11.6 Å². The van der Waals surface area contributed by atoms with E-state index in [1.54, 1.807) is 19.2 Å². The van der Waals surface area contributed by atoms with Gasteiger partial charge in [-0.2, -0.15) is 0 Å². The number of anilines is 2. The van der Waals surface area contributed by atoms with E-state index in [1.165, 1.54) is 19.3 Å². The lowest BCUT2D eigenvalue weighted by Crippen LogP contribution is -2.19. The molecule has 18 heavy (non-hydrogen) atoms. The molecule has 98 valence electrons. The minimum absolute atomic E-state index is 0.112. The van der Waals surface area contributed by atoms with Crippen LogP contribution in [0.2, 0.25) is 0 Å². The third kappa shape index (κ3) is 3.15. The molecule has 4 nitrogen and oxygen atoms in total. The van der Waals surface area contributed by atoms with E-state index in [-0.39, 0.29) is 5.91 Å². The summed E-state index contributed by atoms with van der Waals surface area (Å²) in [5, 5.41) is 6.00. The predicted octanol–water partition coefficient (Wildman–Crippen LogP) is 2.23. The molecule has 2 rings (SSSR count). The summed E-state index contributed by atoms with van der Waals surface area (Å²) in [6, 6.07) is 5.81. The Morgan fingerprint density at radius 1 is 1.50 bits per heavy atom. The molecular formula is C14H21N3O. The van der Waals surface area contributed by atoms with Gasteiger partial charge >= 0.3 is 0 Å². The van der Waals surface area contributed by atoms with Crippen molar-refractivity contribution in [3.05, 3.63) is 23.8 Å². The highest BCUT2D eigenvalue weighted by Crippen LogP contribution is 2.34. The predicted molar refractivity (Wildman–Crippen MR) is 74.7 cm³/mol. The van der Waals surface area contributed by atoms with Crippen LogP contribution in [0.4, 0.5) is 11.4 Å². The molecule has 1 aromatic rings. The smallest absolute Gasteiger partial charge is 0.251 e. The largest absolute Gasteiger partial charge is 0.397 e. The highest BCUT2D eigenvalue weighted by Gasteiger charge is 2.23. The molecule has 0 aliphatic heterocycles. The summed E-state index contributed by atoms with van der Waals surface area (Å²) in [6.07, 6.45) is 3.91. The molecule has 0 aromatic heterocycles. The number of benzene rings is 1. The maximum atomic E-state index is 11.5. The van der Waals surface area contributed by atoms with Gasteiger partial charge in [-0.1, -0.05) is 12.8 Å². The number of nitrogens with one attached hydrogen (secondary N) is 2. The molecule has 1 unspecified atom stereocenters. The van der Waals surface area contributed by atoms with Crippen LogP contribution in [0.25, 0.3) is 0 Å². The summed E-state index contributed by atoms with van der Waals surface area (Å²) in [6.45, 7) is 2.17. The Hall–Kier alpha value is -1.71. The normalized spacial score (nSPS) is 16.1. The molecule has 1 aliphatic rings. The summed E-state index contributed by atoms with van der Waals surface area (Å²) < 4.78 is 0. The first-order valence-electron chi connectivity index (χ1n) is 6.48. The minimum atomic E-state index is -0.112. The third-order valence-corrected chi connectivity index (χ3v) is 3.33.